The summed E-state index contributed by atoms with van der Waals surface area (Å²) >= 11 is 0. The van der Waals surface area contributed by atoms with Gasteiger partial charge in [-0.2, -0.15) is 5.26 Å². The van der Waals surface area contributed by atoms with Crippen LogP contribution in [-0.2, 0) is 0 Å². The Morgan fingerprint density at radius 3 is 2.53 bits per heavy atom. The molecule has 0 amide bonds. The van der Waals surface area contributed by atoms with Crippen molar-refractivity contribution in [2.75, 3.05) is 0 Å². The summed E-state index contributed by atoms with van der Waals surface area (Å²) in [6.45, 7) is 1.99. The molecule has 2 aromatic carbocycles. The summed E-state index contributed by atoms with van der Waals surface area (Å²) in [5.74, 6) is -0.115. The molecular weight excluding hydrogens is 208 g/mol. The normalized spacial score (nSPS) is 14.2. The molecule has 2 atom stereocenters. The van der Waals surface area contributed by atoms with Gasteiger partial charge in [-0.25, -0.2) is 0 Å². The lowest BCUT2D eigenvalue weighted by Gasteiger charge is -2.16. The van der Waals surface area contributed by atoms with Crippen molar-refractivity contribution in [2.45, 2.75) is 19.4 Å². The second kappa shape index (κ2) is 4.99. The number of fused-ring (bicyclic) bond motifs is 1. The van der Waals surface area contributed by atoms with E-state index in [1.54, 1.807) is 0 Å². The molecule has 2 unspecified atom stereocenters. The number of nitrogens with zero attached hydrogens (tertiary/aromatic N) is 1. The maximum Gasteiger partial charge on any atom is 0.0675 e. The third-order valence-electron chi connectivity index (χ3n) is 3.20. The molecule has 0 fully saturated rings. The highest BCUT2D eigenvalue weighted by Crippen LogP contribution is 2.25. The molecule has 0 spiro atoms. The maximum atomic E-state index is 9.04. The van der Waals surface area contributed by atoms with Crippen LogP contribution < -0.4 is 5.73 Å². The van der Waals surface area contributed by atoms with Gasteiger partial charge < -0.3 is 5.73 Å². The van der Waals surface area contributed by atoms with Gasteiger partial charge in [0.25, 0.3) is 0 Å². The molecule has 0 radical (unpaired) electrons. The van der Waals surface area contributed by atoms with E-state index in [4.69, 9.17) is 11.0 Å². The molecule has 0 heterocycles. The lowest BCUT2D eigenvalue weighted by Crippen LogP contribution is -2.19. The van der Waals surface area contributed by atoms with E-state index in [1.807, 2.05) is 25.1 Å². The van der Waals surface area contributed by atoms with Gasteiger partial charge >= 0.3 is 0 Å². The zero-order valence-corrected chi connectivity index (χ0v) is 9.93. The predicted molar refractivity (Wildman–Crippen MR) is 70.3 cm³/mol. The van der Waals surface area contributed by atoms with Crippen molar-refractivity contribution < 1.29 is 0 Å². The molecule has 0 aliphatic heterocycles. The van der Waals surface area contributed by atoms with Gasteiger partial charge in [0.1, 0.15) is 0 Å². The summed E-state index contributed by atoms with van der Waals surface area (Å²) in [5, 5.41) is 11.4. The Bertz CT molecular complexity index is 554. The molecule has 86 valence electrons. The van der Waals surface area contributed by atoms with Crippen LogP contribution in [0.15, 0.2) is 42.5 Å². The van der Waals surface area contributed by atoms with Crippen LogP contribution in [0.5, 0.6) is 0 Å². The standard InChI is InChI=1S/C15H16N2/c1-2-11(10-16)15(17)14-8-7-12-5-3-4-6-13(12)9-14/h3-9,11,15H,2,17H2,1H3. The summed E-state index contributed by atoms with van der Waals surface area (Å²) in [4.78, 5) is 0. The third kappa shape index (κ3) is 2.30. The van der Waals surface area contributed by atoms with Crippen molar-refractivity contribution in [2.24, 2.45) is 11.7 Å². The van der Waals surface area contributed by atoms with E-state index in [0.717, 1.165) is 12.0 Å². The summed E-state index contributed by atoms with van der Waals surface area (Å²) in [6, 6.07) is 16.4. The van der Waals surface area contributed by atoms with Gasteiger partial charge in [-0.1, -0.05) is 43.3 Å². The summed E-state index contributed by atoms with van der Waals surface area (Å²) in [5.41, 5.74) is 7.17. The van der Waals surface area contributed by atoms with E-state index < -0.39 is 0 Å². The van der Waals surface area contributed by atoms with Crippen molar-refractivity contribution in [1.82, 2.24) is 0 Å². The second-order valence-electron chi connectivity index (χ2n) is 4.28. The first-order valence-electron chi connectivity index (χ1n) is 5.90. The minimum absolute atomic E-state index is 0.115. The minimum atomic E-state index is -0.199. The zero-order valence-electron chi connectivity index (χ0n) is 9.93. The summed E-state index contributed by atoms with van der Waals surface area (Å²) in [7, 11) is 0. The van der Waals surface area contributed by atoms with Crippen LogP contribution in [0, 0.1) is 17.2 Å². The molecule has 2 nitrogen and oxygen atoms in total. The molecule has 0 aromatic heterocycles. The molecule has 0 saturated heterocycles. The molecule has 2 N–H and O–H groups in total. The van der Waals surface area contributed by atoms with Gasteiger partial charge in [-0.15, -0.1) is 0 Å². The Kier molecular flexibility index (Phi) is 3.41. The number of rotatable bonds is 3. The number of hydrogen-bond donors (Lipinski definition) is 1. The zero-order chi connectivity index (χ0) is 12.3. The van der Waals surface area contributed by atoms with Gasteiger partial charge in [-0.05, 0) is 28.8 Å². The van der Waals surface area contributed by atoms with Crippen molar-refractivity contribution >= 4 is 10.8 Å². The molecule has 2 rings (SSSR count). The van der Waals surface area contributed by atoms with E-state index in [0.29, 0.717) is 0 Å². The Morgan fingerprint density at radius 2 is 1.88 bits per heavy atom. The van der Waals surface area contributed by atoms with E-state index in [9.17, 15) is 0 Å². The number of hydrogen-bond acceptors (Lipinski definition) is 2. The maximum absolute atomic E-state index is 9.04. The molecule has 2 heteroatoms. The first-order valence-corrected chi connectivity index (χ1v) is 5.90. The largest absolute Gasteiger partial charge is 0.323 e. The fourth-order valence-electron chi connectivity index (χ4n) is 2.07. The molecule has 0 bridgehead atoms. The van der Waals surface area contributed by atoms with Crippen LogP contribution in [-0.4, -0.2) is 0 Å². The quantitative estimate of drug-likeness (QED) is 0.868. The van der Waals surface area contributed by atoms with Crippen LogP contribution in [0.3, 0.4) is 0 Å². The smallest absolute Gasteiger partial charge is 0.0675 e. The van der Waals surface area contributed by atoms with E-state index in [2.05, 4.69) is 30.3 Å². The molecular formula is C15H16N2. The van der Waals surface area contributed by atoms with Gasteiger partial charge in [0.15, 0.2) is 0 Å². The lowest BCUT2D eigenvalue weighted by atomic mass is 9.91. The van der Waals surface area contributed by atoms with Crippen molar-refractivity contribution in [3.8, 4) is 6.07 Å². The minimum Gasteiger partial charge on any atom is -0.323 e. The molecule has 0 saturated carbocycles. The fourth-order valence-corrected chi connectivity index (χ4v) is 2.07. The van der Waals surface area contributed by atoms with Crippen LogP contribution in [0.4, 0.5) is 0 Å². The van der Waals surface area contributed by atoms with Crippen LogP contribution in [0.1, 0.15) is 24.9 Å². The van der Waals surface area contributed by atoms with Gasteiger partial charge in [0, 0.05) is 6.04 Å². The monoisotopic (exact) mass is 224 g/mol. The number of nitriles is 1. The predicted octanol–water partition coefficient (Wildman–Crippen LogP) is 3.39. The van der Waals surface area contributed by atoms with Crippen LogP contribution in [0.25, 0.3) is 10.8 Å². The molecule has 0 aliphatic rings. The van der Waals surface area contributed by atoms with E-state index in [1.165, 1.54) is 10.8 Å². The first kappa shape index (κ1) is 11.6. The molecule has 17 heavy (non-hydrogen) atoms. The highest BCUT2D eigenvalue weighted by Gasteiger charge is 2.17. The summed E-state index contributed by atoms with van der Waals surface area (Å²) in [6.07, 6.45) is 0.782. The Morgan fingerprint density at radius 1 is 1.18 bits per heavy atom. The van der Waals surface area contributed by atoms with Crippen molar-refractivity contribution in [1.29, 1.82) is 5.26 Å². The average Bonchev–Trinajstić information content (AvgIpc) is 2.39. The Hall–Kier alpha value is -1.85. The molecule has 0 aliphatic carbocycles. The highest BCUT2D eigenvalue weighted by atomic mass is 14.6. The molecule has 2 aromatic rings. The SMILES string of the molecule is CCC(C#N)C(N)c1ccc2ccccc2c1. The van der Waals surface area contributed by atoms with Crippen LogP contribution in [0.2, 0.25) is 0 Å². The Balaban J connectivity index is 2.39. The average molecular weight is 224 g/mol. The Labute approximate surface area is 102 Å². The van der Waals surface area contributed by atoms with Gasteiger partial charge in [0.05, 0.1) is 12.0 Å². The van der Waals surface area contributed by atoms with Gasteiger partial charge in [-0.3, -0.25) is 0 Å². The summed E-state index contributed by atoms with van der Waals surface area (Å²) < 4.78 is 0. The van der Waals surface area contributed by atoms with Gasteiger partial charge in [0.2, 0.25) is 0 Å². The number of nitrogens with two attached hydrogens (primary N) is 1. The first-order chi connectivity index (χ1) is 8.26. The number of benzene rings is 2. The van der Waals surface area contributed by atoms with Crippen molar-refractivity contribution in [3.05, 3.63) is 48.0 Å². The topological polar surface area (TPSA) is 49.8 Å². The van der Waals surface area contributed by atoms with Crippen molar-refractivity contribution in [3.63, 3.8) is 0 Å². The highest BCUT2D eigenvalue weighted by molar-refractivity contribution is 5.83. The third-order valence-corrected chi connectivity index (χ3v) is 3.20. The fraction of sp³-hybridized carbons (Fsp3) is 0.267. The van der Waals surface area contributed by atoms with E-state index >= 15 is 0 Å². The lowest BCUT2D eigenvalue weighted by molar-refractivity contribution is 0.518. The van der Waals surface area contributed by atoms with E-state index in [-0.39, 0.29) is 12.0 Å². The van der Waals surface area contributed by atoms with Crippen LogP contribution >= 0.6 is 0 Å². The second-order valence-corrected chi connectivity index (χ2v) is 4.28.